The minimum Gasteiger partial charge on any atom is -0.493 e. The van der Waals surface area contributed by atoms with Gasteiger partial charge in [0.25, 0.3) is 0 Å². The first-order valence-electron chi connectivity index (χ1n) is 5.86. The zero-order valence-electron chi connectivity index (χ0n) is 10.6. The number of allylic oxidation sites excluding steroid dienone is 1. The minimum atomic E-state index is -0.106. The van der Waals surface area contributed by atoms with Crippen LogP contribution in [0.5, 0.6) is 11.5 Å². The molecule has 0 unspecified atom stereocenters. The quantitative estimate of drug-likeness (QED) is 0.808. The van der Waals surface area contributed by atoms with E-state index in [0.29, 0.717) is 6.61 Å². The Morgan fingerprint density at radius 2 is 2.11 bits per heavy atom. The molecule has 0 amide bonds. The van der Waals surface area contributed by atoms with Gasteiger partial charge < -0.3 is 15.2 Å². The SMILES string of the molecule is C=CCc1ccc(OCC2(N)CC2)c(OC)c1.Cl. The molecule has 1 aromatic rings. The van der Waals surface area contributed by atoms with Crippen molar-refractivity contribution in [2.45, 2.75) is 24.8 Å². The molecule has 1 saturated carbocycles. The maximum Gasteiger partial charge on any atom is 0.161 e. The fourth-order valence-electron chi connectivity index (χ4n) is 1.65. The molecule has 18 heavy (non-hydrogen) atoms. The summed E-state index contributed by atoms with van der Waals surface area (Å²) in [6.07, 6.45) is 4.79. The van der Waals surface area contributed by atoms with Gasteiger partial charge in [0, 0.05) is 0 Å². The second-order valence-corrected chi connectivity index (χ2v) is 4.63. The molecular formula is C14H20ClNO2. The lowest BCUT2D eigenvalue weighted by Crippen LogP contribution is -2.29. The zero-order chi connectivity index (χ0) is 12.3. The molecule has 0 heterocycles. The molecule has 3 nitrogen and oxygen atoms in total. The number of nitrogens with two attached hydrogens (primary N) is 1. The Morgan fingerprint density at radius 3 is 2.67 bits per heavy atom. The molecule has 2 rings (SSSR count). The maximum absolute atomic E-state index is 5.98. The summed E-state index contributed by atoms with van der Waals surface area (Å²) >= 11 is 0. The van der Waals surface area contributed by atoms with Gasteiger partial charge in [-0.25, -0.2) is 0 Å². The molecule has 0 saturated heterocycles. The predicted molar refractivity (Wildman–Crippen MR) is 75.8 cm³/mol. The Morgan fingerprint density at radius 1 is 1.39 bits per heavy atom. The van der Waals surface area contributed by atoms with E-state index in [1.165, 1.54) is 0 Å². The van der Waals surface area contributed by atoms with Crippen LogP contribution in [0.25, 0.3) is 0 Å². The largest absolute Gasteiger partial charge is 0.493 e. The Hall–Kier alpha value is -1.19. The summed E-state index contributed by atoms with van der Waals surface area (Å²) in [7, 11) is 1.65. The molecule has 1 aliphatic rings. The lowest BCUT2D eigenvalue weighted by Gasteiger charge is -2.14. The smallest absolute Gasteiger partial charge is 0.161 e. The van der Waals surface area contributed by atoms with Gasteiger partial charge in [0.15, 0.2) is 11.5 Å². The number of rotatable bonds is 6. The minimum absolute atomic E-state index is 0. The molecule has 0 spiro atoms. The normalized spacial score (nSPS) is 15.4. The lowest BCUT2D eigenvalue weighted by atomic mass is 10.1. The van der Waals surface area contributed by atoms with E-state index in [-0.39, 0.29) is 17.9 Å². The van der Waals surface area contributed by atoms with Crippen LogP contribution in [0.2, 0.25) is 0 Å². The van der Waals surface area contributed by atoms with Crippen LogP contribution in [-0.4, -0.2) is 19.3 Å². The summed E-state index contributed by atoms with van der Waals surface area (Å²) in [4.78, 5) is 0. The topological polar surface area (TPSA) is 44.5 Å². The van der Waals surface area contributed by atoms with Crippen molar-refractivity contribution in [3.8, 4) is 11.5 Å². The highest BCUT2D eigenvalue weighted by atomic mass is 35.5. The van der Waals surface area contributed by atoms with Gasteiger partial charge in [-0.2, -0.15) is 0 Å². The van der Waals surface area contributed by atoms with Crippen LogP contribution in [0, 0.1) is 0 Å². The molecule has 0 aliphatic heterocycles. The van der Waals surface area contributed by atoms with Gasteiger partial charge in [-0.15, -0.1) is 19.0 Å². The van der Waals surface area contributed by atoms with Crippen molar-refractivity contribution in [3.05, 3.63) is 36.4 Å². The number of hydrogen-bond donors (Lipinski definition) is 1. The van der Waals surface area contributed by atoms with Gasteiger partial charge in [-0.05, 0) is 37.0 Å². The first-order chi connectivity index (χ1) is 8.17. The lowest BCUT2D eigenvalue weighted by molar-refractivity contribution is 0.264. The van der Waals surface area contributed by atoms with E-state index < -0.39 is 0 Å². The van der Waals surface area contributed by atoms with E-state index in [9.17, 15) is 0 Å². The van der Waals surface area contributed by atoms with Crippen LogP contribution < -0.4 is 15.2 Å². The second-order valence-electron chi connectivity index (χ2n) is 4.63. The van der Waals surface area contributed by atoms with E-state index in [2.05, 4.69) is 6.58 Å². The third-order valence-corrected chi connectivity index (χ3v) is 3.02. The zero-order valence-corrected chi connectivity index (χ0v) is 11.5. The third kappa shape index (κ3) is 3.65. The van der Waals surface area contributed by atoms with Crippen molar-refractivity contribution in [2.75, 3.05) is 13.7 Å². The van der Waals surface area contributed by atoms with Gasteiger partial charge >= 0.3 is 0 Å². The molecule has 0 aromatic heterocycles. The molecule has 0 radical (unpaired) electrons. The van der Waals surface area contributed by atoms with Gasteiger partial charge in [-0.1, -0.05) is 12.1 Å². The Bertz CT molecular complexity index is 416. The fraction of sp³-hybridized carbons (Fsp3) is 0.429. The molecule has 0 bridgehead atoms. The van der Waals surface area contributed by atoms with Gasteiger partial charge in [-0.3, -0.25) is 0 Å². The number of ether oxygens (including phenoxy) is 2. The molecule has 1 aliphatic carbocycles. The highest BCUT2D eigenvalue weighted by Crippen LogP contribution is 2.35. The number of methoxy groups -OCH3 is 1. The van der Waals surface area contributed by atoms with Crippen LogP contribution in [0.1, 0.15) is 18.4 Å². The van der Waals surface area contributed by atoms with Crippen molar-refractivity contribution in [2.24, 2.45) is 5.73 Å². The average molecular weight is 270 g/mol. The summed E-state index contributed by atoms with van der Waals surface area (Å²) in [6.45, 7) is 4.28. The molecule has 0 atom stereocenters. The monoisotopic (exact) mass is 269 g/mol. The van der Waals surface area contributed by atoms with E-state index in [0.717, 1.165) is 36.3 Å². The van der Waals surface area contributed by atoms with Gasteiger partial charge in [0.2, 0.25) is 0 Å². The summed E-state index contributed by atoms with van der Waals surface area (Å²) < 4.78 is 11.0. The van der Waals surface area contributed by atoms with Crippen LogP contribution in [0.4, 0.5) is 0 Å². The van der Waals surface area contributed by atoms with Crippen LogP contribution in [-0.2, 0) is 6.42 Å². The molecule has 1 fully saturated rings. The van der Waals surface area contributed by atoms with Gasteiger partial charge in [0.1, 0.15) is 6.61 Å². The highest BCUT2D eigenvalue weighted by Gasteiger charge is 2.39. The van der Waals surface area contributed by atoms with E-state index in [4.69, 9.17) is 15.2 Å². The number of hydrogen-bond acceptors (Lipinski definition) is 3. The summed E-state index contributed by atoms with van der Waals surface area (Å²) in [5, 5.41) is 0. The van der Waals surface area contributed by atoms with Crippen LogP contribution in [0.15, 0.2) is 30.9 Å². The summed E-state index contributed by atoms with van der Waals surface area (Å²) in [5.74, 6) is 1.52. The first kappa shape index (κ1) is 14.9. The summed E-state index contributed by atoms with van der Waals surface area (Å²) in [5.41, 5.74) is 7.04. The molecule has 4 heteroatoms. The molecule has 100 valence electrons. The average Bonchev–Trinajstić information content (AvgIpc) is 3.06. The predicted octanol–water partition coefficient (Wildman–Crippen LogP) is 2.72. The van der Waals surface area contributed by atoms with Crippen molar-refractivity contribution in [1.29, 1.82) is 0 Å². The Labute approximate surface area is 114 Å². The number of benzene rings is 1. The fourth-order valence-corrected chi connectivity index (χ4v) is 1.65. The standard InChI is InChI=1S/C14H19NO2.ClH/c1-3-4-11-5-6-12(13(9-11)16-2)17-10-14(15)7-8-14;/h3,5-6,9H,1,4,7-8,10,15H2,2H3;1H. The Balaban J connectivity index is 0.00000162. The molecule has 2 N–H and O–H groups in total. The van der Waals surface area contributed by atoms with Crippen molar-refractivity contribution in [3.63, 3.8) is 0 Å². The van der Waals surface area contributed by atoms with E-state index in [1.807, 2.05) is 24.3 Å². The first-order valence-corrected chi connectivity index (χ1v) is 5.86. The molecule has 1 aromatic carbocycles. The van der Waals surface area contributed by atoms with E-state index >= 15 is 0 Å². The van der Waals surface area contributed by atoms with Crippen LogP contribution >= 0.6 is 12.4 Å². The molecular weight excluding hydrogens is 250 g/mol. The number of halogens is 1. The van der Waals surface area contributed by atoms with Crippen molar-refractivity contribution >= 4 is 12.4 Å². The Kier molecular flexibility index (Phi) is 5.05. The van der Waals surface area contributed by atoms with Crippen molar-refractivity contribution < 1.29 is 9.47 Å². The van der Waals surface area contributed by atoms with Crippen LogP contribution in [0.3, 0.4) is 0 Å². The van der Waals surface area contributed by atoms with E-state index in [1.54, 1.807) is 7.11 Å². The van der Waals surface area contributed by atoms with Crippen molar-refractivity contribution in [1.82, 2.24) is 0 Å². The van der Waals surface area contributed by atoms with Gasteiger partial charge in [0.05, 0.1) is 12.6 Å². The third-order valence-electron chi connectivity index (χ3n) is 3.02. The highest BCUT2D eigenvalue weighted by molar-refractivity contribution is 5.85. The second kappa shape index (κ2) is 6.12. The maximum atomic E-state index is 5.98. The summed E-state index contributed by atoms with van der Waals surface area (Å²) in [6, 6.07) is 5.94.